The molecule has 0 bridgehead atoms. The molecule has 0 spiro atoms. The van der Waals surface area contributed by atoms with Gasteiger partial charge in [0, 0.05) is 26.6 Å². The predicted molar refractivity (Wildman–Crippen MR) is 126 cm³/mol. The van der Waals surface area contributed by atoms with Gasteiger partial charge in [0.2, 0.25) is 5.91 Å². The summed E-state index contributed by atoms with van der Waals surface area (Å²) in [7, 11) is 3.18. The van der Waals surface area contributed by atoms with E-state index in [1.54, 1.807) is 19.2 Å². The normalized spacial score (nSPS) is 10.6. The Balaban J connectivity index is 0.00000900. The van der Waals surface area contributed by atoms with Gasteiger partial charge in [-0.05, 0) is 55.8 Å². The summed E-state index contributed by atoms with van der Waals surface area (Å²) in [5.74, 6) is 1.38. The predicted octanol–water partition coefficient (Wildman–Crippen LogP) is 4.50. The number of amides is 2. The molecule has 2 amide bonds. The molecule has 1 aromatic carbocycles. The average molecular weight is 436 g/mol. The van der Waals surface area contributed by atoms with Crippen LogP contribution >= 0.6 is 0 Å². The summed E-state index contributed by atoms with van der Waals surface area (Å²) in [5, 5.41) is 2.92. The number of unbranched alkanes of at least 4 members (excludes halogenated alkanes) is 2. The molecule has 0 atom stereocenters. The van der Waals surface area contributed by atoms with Gasteiger partial charge >= 0.3 is 6.09 Å². The van der Waals surface area contributed by atoms with Gasteiger partial charge < -0.3 is 25.4 Å². The standard InChI is InChI=1S/C23H37N3O4.CH4/c1-18(2)10-7-5-6-8-11-22(27)25-17-19-12-13-20(21(16-19)29-4)30-23(28)26(3)15-9-14-24;/h7,10,12-13,16,18H,5-6,8-9,11,14-15,17,24H2,1-4H3,(H,25,27);1H4/b10-7+;. The quantitative estimate of drug-likeness (QED) is 0.351. The Labute approximate surface area is 188 Å². The Morgan fingerprint density at radius 2 is 1.94 bits per heavy atom. The van der Waals surface area contributed by atoms with E-state index in [0.29, 0.717) is 49.9 Å². The summed E-state index contributed by atoms with van der Waals surface area (Å²) < 4.78 is 10.7. The van der Waals surface area contributed by atoms with Crippen LogP contribution in [0.1, 0.15) is 58.9 Å². The molecule has 1 rings (SSSR count). The van der Waals surface area contributed by atoms with Gasteiger partial charge in [0.25, 0.3) is 0 Å². The van der Waals surface area contributed by atoms with Gasteiger partial charge in [-0.2, -0.15) is 0 Å². The fourth-order valence-electron chi connectivity index (χ4n) is 2.70. The van der Waals surface area contributed by atoms with E-state index in [1.165, 1.54) is 12.0 Å². The van der Waals surface area contributed by atoms with E-state index >= 15 is 0 Å². The van der Waals surface area contributed by atoms with Crippen molar-refractivity contribution < 1.29 is 19.1 Å². The highest BCUT2D eigenvalue weighted by molar-refractivity contribution is 5.76. The summed E-state index contributed by atoms with van der Waals surface area (Å²) in [4.78, 5) is 25.6. The van der Waals surface area contributed by atoms with Crippen LogP contribution in [0, 0.1) is 5.92 Å². The number of carbonyl (C=O) groups is 2. The van der Waals surface area contributed by atoms with Crippen molar-refractivity contribution in [3.05, 3.63) is 35.9 Å². The van der Waals surface area contributed by atoms with Gasteiger partial charge in [-0.3, -0.25) is 4.79 Å². The van der Waals surface area contributed by atoms with Crippen LogP contribution in [-0.2, 0) is 11.3 Å². The zero-order chi connectivity index (χ0) is 22.4. The maximum Gasteiger partial charge on any atom is 0.415 e. The number of ether oxygens (including phenoxy) is 2. The molecule has 0 radical (unpaired) electrons. The first kappa shape index (κ1) is 28.5. The molecule has 31 heavy (non-hydrogen) atoms. The van der Waals surface area contributed by atoms with Crippen LogP contribution in [0.2, 0.25) is 0 Å². The summed E-state index contributed by atoms with van der Waals surface area (Å²) in [6, 6.07) is 5.25. The van der Waals surface area contributed by atoms with Gasteiger partial charge in [-0.15, -0.1) is 0 Å². The van der Waals surface area contributed by atoms with E-state index in [1.807, 2.05) is 6.07 Å². The minimum absolute atomic E-state index is 0. The third-order valence-corrected chi connectivity index (χ3v) is 4.47. The third-order valence-electron chi connectivity index (χ3n) is 4.47. The van der Waals surface area contributed by atoms with Crippen LogP contribution in [0.5, 0.6) is 11.5 Å². The van der Waals surface area contributed by atoms with Crippen molar-refractivity contribution in [2.75, 3.05) is 27.2 Å². The Hall–Kier alpha value is -2.54. The smallest absolute Gasteiger partial charge is 0.415 e. The van der Waals surface area contributed by atoms with Gasteiger partial charge in [0.05, 0.1) is 7.11 Å². The highest BCUT2D eigenvalue weighted by atomic mass is 16.6. The van der Waals surface area contributed by atoms with E-state index in [9.17, 15) is 9.59 Å². The van der Waals surface area contributed by atoms with Crippen LogP contribution in [-0.4, -0.2) is 44.1 Å². The summed E-state index contributed by atoms with van der Waals surface area (Å²) in [6.45, 7) is 5.73. The lowest BCUT2D eigenvalue weighted by molar-refractivity contribution is -0.121. The molecule has 3 N–H and O–H groups in total. The maximum atomic E-state index is 12.1. The molecule has 176 valence electrons. The molecule has 1 aromatic rings. The molecule has 0 aromatic heterocycles. The van der Waals surface area contributed by atoms with E-state index in [4.69, 9.17) is 15.2 Å². The molecule has 0 saturated heterocycles. The van der Waals surface area contributed by atoms with Crippen molar-refractivity contribution in [1.29, 1.82) is 0 Å². The zero-order valence-corrected chi connectivity index (χ0v) is 18.8. The first-order valence-corrected chi connectivity index (χ1v) is 10.6. The monoisotopic (exact) mass is 435 g/mol. The lowest BCUT2D eigenvalue weighted by Gasteiger charge is -2.17. The molecule has 7 heteroatoms. The van der Waals surface area contributed by atoms with Crippen molar-refractivity contribution >= 4 is 12.0 Å². The van der Waals surface area contributed by atoms with Crippen LogP contribution < -0.4 is 20.5 Å². The van der Waals surface area contributed by atoms with Crippen LogP contribution in [0.15, 0.2) is 30.4 Å². The topological polar surface area (TPSA) is 93.9 Å². The molecule has 0 fully saturated rings. The first-order valence-electron chi connectivity index (χ1n) is 10.6. The van der Waals surface area contributed by atoms with Gasteiger partial charge in [0.15, 0.2) is 11.5 Å². The highest BCUT2D eigenvalue weighted by Gasteiger charge is 2.14. The summed E-state index contributed by atoms with van der Waals surface area (Å²) >= 11 is 0. The zero-order valence-electron chi connectivity index (χ0n) is 18.8. The minimum Gasteiger partial charge on any atom is -0.493 e. The second kappa shape index (κ2) is 16.2. The molecule has 0 aliphatic carbocycles. The largest absolute Gasteiger partial charge is 0.493 e. The maximum absolute atomic E-state index is 12.1. The number of rotatable bonds is 13. The Morgan fingerprint density at radius 3 is 2.58 bits per heavy atom. The Morgan fingerprint density at radius 1 is 1.19 bits per heavy atom. The molecular weight excluding hydrogens is 394 g/mol. The van der Waals surface area contributed by atoms with Gasteiger partial charge in [-0.25, -0.2) is 4.79 Å². The van der Waals surface area contributed by atoms with Crippen molar-refractivity contribution in [3.8, 4) is 11.5 Å². The SMILES string of the molecule is C.COc1cc(CNC(=O)CCCC/C=C/C(C)C)ccc1OC(=O)N(C)CCCN. The number of hydrogen-bond acceptors (Lipinski definition) is 5. The van der Waals surface area contributed by atoms with E-state index in [0.717, 1.165) is 24.8 Å². The minimum atomic E-state index is -0.467. The van der Waals surface area contributed by atoms with Crippen molar-refractivity contribution in [3.63, 3.8) is 0 Å². The van der Waals surface area contributed by atoms with E-state index in [-0.39, 0.29) is 13.3 Å². The highest BCUT2D eigenvalue weighted by Crippen LogP contribution is 2.28. The number of benzene rings is 1. The molecule has 0 heterocycles. The summed E-state index contributed by atoms with van der Waals surface area (Å²) in [5.41, 5.74) is 6.34. The number of methoxy groups -OCH3 is 1. The Kier molecular flexibility index (Phi) is 14.9. The molecular formula is C24H41N3O4. The molecule has 0 aliphatic heterocycles. The second-order valence-electron chi connectivity index (χ2n) is 7.61. The number of nitrogens with two attached hydrogens (primary N) is 1. The fourth-order valence-corrected chi connectivity index (χ4v) is 2.70. The molecule has 0 aliphatic rings. The third kappa shape index (κ3) is 12.0. The van der Waals surface area contributed by atoms with Crippen molar-refractivity contribution in [2.45, 2.75) is 59.9 Å². The summed E-state index contributed by atoms with van der Waals surface area (Å²) in [6.07, 6.45) is 7.99. The Bertz CT molecular complexity index is 689. The van der Waals surface area contributed by atoms with Crippen LogP contribution in [0.4, 0.5) is 4.79 Å². The lowest BCUT2D eigenvalue weighted by atomic mass is 10.1. The fraction of sp³-hybridized carbons (Fsp3) is 0.583. The van der Waals surface area contributed by atoms with Crippen LogP contribution in [0.25, 0.3) is 0 Å². The lowest BCUT2D eigenvalue weighted by Crippen LogP contribution is -2.31. The number of hydrogen-bond donors (Lipinski definition) is 2. The van der Waals surface area contributed by atoms with E-state index in [2.05, 4.69) is 31.3 Å². The van der Waals surface area contributed by atoms with E-state index < -0.39 is 6.09 Å². The first-order chi connectivity index (χ1) is 14.4. The van der Waals surface area contributed by atoms with Crippen molar-refractivity contribution in [1.82, 2.24) is 10.2 Å². The molecule has 0 saturated carbocycles. The number of carbonyl (C=O) groups excluding carboxylic acids is 2. The van der Waals surface area contributed by atoms with Gasteiger partial charge in [-0.1, -0.05) is 39.5 Å². The number of allylic oxidation sites excluding steroid dienone is 2. The molecule has 0 unspecified atom stereocenters. The van der Waals surface area contributed by atoms with Gasteiger partial charge in [0.1, 0.15) is 0 Å². The van der Waals surface area contributed by atoms with Crippen LogP contribution in [0.3, 0.4) is 0 Å². The number of nitrogens with zero attached hydrogens (tertiary/aromatic N) is 1. The average Bonchev–Trinajstić information content (AvgIpc) is 2.73. The van der Waals surface area contributed by atoms with Crippen molar-refractivity contribution in [2.24, 2.45) is 11.7 Å². The second-order valence-corrected chi connectivity index (χ2v) is 7.61. The number of nitrogens with one attached hydrogen (secondary N) is 1. The molecule has 7 nitrogen and oxygen atoms in total.